The fourth-order valence-corrected chi connectivity index (χ4v) is 2.02. The largest absolute Gasteiger partial charge is 0.192 e. The van der Waals surface area contributed by atoms with Crippen LogP contribution in [-0.4, -0.2) is 0 Å². The van der Waals surface area contributed by atoms with E-state index in [0.29, 0.717) is 0 Å². The van der Waals surface area contributed by atoms with Crippen LogP contribution in [0.4, 0.5) is 0 Å². The van der Waals surface area contributed by atoms with Gasteiger partial charge in [-0.3, -0.25) is 0 Å². The molecule has 0 spiro atoms. The van der Waals surface area contributed by atoms with Gasteiger partial charge in [0.2, 0.25) is 0 Å². The molecule has 0 radical (unpaired) electrons. The van der Waals surface area contributed by atoms with Crippen LogP contribution in [0.3, 0.4) is 0 Å². The van der Waals surface area contributed by atoms with Gasteiger partial charge in [-0.1, -0.05) is 0 Å². The number of nitriles is 1. The summed E-state index contributed by atoms with van der Waals surface area (Å²) in [6, 6.07) is 6.23. The van der Waals surface area contributed by atoms with E-state index in [0.717, 1.165) is 16.7 Å². The highest BCUT2D eigenvalue weighted by molar-refractivity contribution is 14.1. The minimum absolute atomic E-state index is 0.811. The molecule has 0 aliphatic rings. The Morgan fingerprint density at radius 3 is 2.09 bits per heavy atom. The SMILES string of the molecule is Cc1cc(I)cc(C)c1C#N. The van der Waals surface area contributed by atoms with Crippen molar-refractivity contribution < 1.29 is 0 Å². The molecule has 0 fully saturated rings. The zero-order valence-corrected chi connectivity index (χ0v) is 8.64. The van der Waals surface area contributed by atoms with Crippen LogP contribution in [0.1, 0.15) is 16.7 Å². The predicted molar refractivity (Wildman–Crippen MR) is 53.3 cm³/mol. The van der Waals surface area contributed by atoms with Crippen LogP contribution >= 0.6 is 22.6 Å². The molecular formula is C9H8IN. The van der Waals surface area contributed by atoms with Crippen LogP contribution in [0.25, 0.3) is 0 Å². The Bertz CT molecular complexity index is 300. The highest BCUT2D eigenvalue weighted by atomic mass is 127. The third-order valence-electron chi connectivity index (χ3n) is 1.61. The molecule has 0 heterocycles. The maximum atomic E-state index is 8.74. The zero-order chi connectivity index (χ0) is 8.43. The number of benzene rings is 1. The van der Waals surface area contributed by atoms with Gasteiger partial charge >= 0.3 is 0 Å². The number of halogens is 1. The van der Waals surface area contributed by atoms with E-state index < -0.39 is 0 Å². The summed E-state index contributed by atoms with van der Waals surface area (Å²) in [5, 5.41) is 8.74. The van der Waals surface area contributed by atoms with Gasteiger partial charge in [0.25, 0.3) is 0 Å². The molecule has 0 N–H and O–H groups in total. The average Bonchev–Trinajstić information content (AvgIpc) is 1.85. The lowest BCUT2D eigenvalue weighted by atomic mass is 10.0. The molecule has 2 heteroatoms. The molecule has 11 heavy (non-hydrogen) atoms. The minimum Gasteiger partial charge on any atom is -0.192 e. The Labute approximate surface area is 80.2 Å². The van der Waals surface area contributed by atoms with Gasteiger partial charge in [-0.25, -0.2) is 0 Å². The van der Waals surface area contributed by atoms with Crippen molar-refractivity contribution in [3.63, 3.8) is 0 Å². The van der Waals surface area contributed by atoms with Crippen molar-refractivity contribution in [3.8, 4) is 6.07 Å². The van der Waals surface area contributed by atoms with Crippen LogP contribution in [0.5, 0.6) is 0 Å². The molecule has 1 aromatic rings. The summed E-state index contributed by atoms with van der Waals surface area (Å²) in [5.41, 5.74) is 2.94. The fourth-order valence-electron chi connectivity index (χ4n) is 1.09. The van der Waals surface area contributed by atoms with Gasteiger partial charge in [-0.05, 0) is 59.7 Å². The number of rotatable bonds is 0. The second-order valence-corrected chi connectivity index (χ2v) is 3.77. The first-order valence-electron chi connectivity index (χ1n) is 3.32. The van der Waals surface area contributed by atoms with Gasteiger partial charge in [0, 0.05) is 3.57 Å². The summed E-state index contributed by atoms with van der Waals surface area (Å²) in [4.78, 5) is 0. The standard InChI is InChI=1S/C9H8IN/c1-6-3-8(10)4-7(2)9(6)5-11/h3-4H,1-2H3. The van der Waals surface area contributed by atoms with Crippen molar-refractivity contribution in [2.75, 3.05) is 0 Å². The molecule has 1 nitrogen and oxygen atoms in total. The number of nitrogens with zero attached hydrogens (tertiary/aromatic N) is 1. The molecule has 56 valence electrons. The Kier molecular flexibility index (Phi) is 2.50. The predicted octanol–water partition coefficient (Wildman–Crippen LogP) is 2.78. The molecule has 0 bridgehead atoms. The Morgan fingerprint density at radius 2 is 1.73 bits per heavy atom. The van der Waals surface area contributed by atoms with Crippen molar-refractivity contribution in [3.05, 3.63) is 32.4 Å². The summed E-state index contributed by atoms with van der Waals surface area (Å²) in [6.45, 7) is 3.93. The van der Waals surface area contributed by atoms with Crippen molar-refractivity contribution >= 4 is 22.6 Å². The Morgan fingerprint density at radius 1 is 1.27 bits per heavy atom. The summed E-state index contributed by atoms with van der Waals surface area (Å²) in [7, 11) is 0. The third-order valence-corrected chi connectivity index (χ3v) is 2.23. The van der Waals surface area contributed by atoms with E-state index in [2.05, 4.69) is 28.7 Å². The molecule has 1 rings (SSSR count). The minimum atomic E-state index is 0.811. The lowest BCUT2D eigenvalue weighted by molar-refractivity contribution is 1.31. The molecule has 0 aromatic heterocycles. The molecule has 0 aliphatic heterocycles. The van der Waals surface area contributed by atoms with Gasteiger partial charge < -0.3 is 0 Å². The second kappa shape index (κ2) is 3.22. The highest BCUT2D eigenvalue weighted by Crippen LogP contribution is 2.16. The average molecular weight is 257 g/mol. The van der Waals surface area contributed by atoms with Crippen molar-refractivity contribution in [1.82, 2.24) is 0 Å². The van der Waals surface area contributed by atoms with E-state index in [1.807, 2.05) is 26.0 Å². The Balaban J connectivity index is 3.40. The van der Waals surface area contributed by atoms with Gasteiger partial charge in [-0.15, -0.1) is 0 Å². The van der Waals surface area contributed by atoms with E-state index in [1.54, 1.807) is 0 Å². The molecule has 0 saturated carbocycles. The van der Waals surface area contributed by atoms with Gasteiger partial charge in [0.15, 0.2) is 0 Å². The van der Waals surface area contributed by atoms with E-state index in [4.69, 9.17) is 5.26 Å². The third kappa shape index (κ3) is 1.72. The highest BCUT2D eigenvalue weighted by Gasteiger charge is 2.01. The summed E-state index contributed by atoms with van der Waals surface area (Å²) >= 11 is 2.25. The number of hydrogen-bond donors (Lipinski definition) is 0. The van der Waals surface area contributed by atoms with Crippen molar-refractivity contribution in [2.24, 2.45) is 0 Å². The normalized spacial score (nSPS) is 9.27. The number of hydrogen-bond acceptors (Lipinski definition) is 1. The topological polar surface area (TPSA) is 23.8 Å². The molecule has 0 amide bonds. The summed E-state index contributed by atoms with van der Waals surface area (Å²) in [5.74, 6) is 0. The molecule has 1 aromatic carbocycles. The first-order valence-corrected chi connectivity index (χ1v) is 4.40. The molecule has 0 aliphatic carbocycles. The second-order valence-electron chi connectivity index (χ2n) is 2.53. The maximum absolute atomic E-state index is 8.74. The Hall–Kier alpha value is -0.560. The lowest BCUT2D eigenvalue weighted by Gasteiger charge is -2.01. The number of aryl methyl sites for hydroxylation is 2. The van der Waals surface area contributed by atoms with Gasteiger partial charge in [-0.2, -0.15) is 5.26 Å². The molecule has 0 unspecified atom stereocenters. The van der Waals surface area contributed by atoms with E-state index in [-0.39, 0.29) is 0 Å². The smallest absolute Gasteiger partial charge is 0.0997 e. The summed E-state index contributed by atoms with van der Waals surface area (Å²) in [6.07, 6.45) is 0. The molecule has 0 saturated heterocycles. The van der Waals surface area contributed by atoms with Gasteiger partial charge in [0.05, 0.1) is 11.6 Å². The van der Waals surface area contributed by atoms with Crippen LogP contribution in [-0.2, 0) is 0 Å². The maximum Gasteiger partial charge on any atom is 0.0997 e. The lowest BCUT2D eigenvalue weighted by Crippen LogP contribution is -1.88. The zero-order valence-electron chi connectivity index (χ0n) is 6.48. The van der Waals surface area contributed by atoms with Crippen molar-refractivity contribution in [2.45, 2.75) is 13.8 Å². The first-order chi connectivity index (χ1) is 5.15. The van der Waals surface area contributed by atoms with Gasteiger partial charge in [0.1, 0.15) is 0 Å². The van der Waals surface area contributed by atoms with Crippen LogP contribution < -0.4 is 0 Å². The van der Waals surface area contributed by atoms with E-state index in [1.165, 1.54) is 3.57 Å². The fraction of sp³-hybridized carbons (Fsp3) is 0.222. The quantitative estimate of drug-likeness (QED) is 0.655. The van der Waals surface area contributed by atoms with Crippen LogP contribution in [0.15, 0.2) is 12.1 Å². The van der Waals surface area contributed by atoms with E-state index >= 15 is 0 Å². The monoisotopic (exact) mass is 257 g/mol. The molecule has 0 atom stereocenters. The van der Waals surface area contributed by atoms with E-state index in [9.17, 15) is 0 Å². The van der Waals surface area contributed by atoms with Crippen molar-refractivity contribution in [1.29, 1.82) is 5.26 Å². The summed E-state index contributed by atoms with van der Waals surface area (Å²) < 4.78 is 1.19. The van der Waals surface area contributed by atoms with Crippen LogP contribution in [0.2, 0.25) is 0 Å². The van der Waals surface area contributed by atoms with Crippen LogP contribution in [0, 0.1) is 28.7 Å². The first kappa shape index (κ1) is 8.54. The molecular weight excluding hydrogens is 249 g/mol.